The third-order valence-electron chi connectivity index (χ3n) is 3.31. The second-order valence-corrected chi connectivity index (χ2v) is 4.57. The van der Waals surface area contributed by atoms with Crippen LogP contribution in [0.15, 0.2) is 24.3 Å². The lowest BCUT2D eigenvalue weighted by Crippen LogP contribution is -2.29. The summed E-state index contributed by atoms with van der Waals surface area (Å²) >= 11 is 0. The number of para-hydroxylation sites is 1. The van der Waals surface area contributed by atoms with Crippen molar-refractivity contribution < 1.29 is 4.74 Å². The lowest BCUT2D eigenvalue weighted by molar-refractivity contribution is 0.0685. The predicted octanol–water partition coefficient (Wildman–Crippen LogP) is 2.42. The van der Waals surface area contributed by atoms with E-state index < -0.39 is 0 Å². The first-order valence-corrected chi connectivity index (χ1v) is 6.09. The maximum atomic E-state index is 9.08. The third kappa shape index (κ3) is 2.98. The van der Waals surface area contributed by atoms with E-state index >= 15 is 0 Å². The van der Waals surface area contributed by atoms with Crippen molar-refractivity contribution in [3.05, 3.63) is 29.8 Å². The van der Waals surface area contributed by atoms with Crippen LogP contribution in [0.25, 0.3) is 0 Å². The summed E-state index contributed by atoms with van der Waals surface area (Å²) in [5.74, 6) is 0.681. The third-order valence-corrected chi connectivity index (χ3v) is 3.31. The van der Waals surface area contributed by atoms with Crippen LogP contribution in [0, 0.1) is 17.2 Å². The smallest absolute Gasteiger partial charge is 0.101 e. The standard InChI is InChI=1S/C14H18N2O/c1-16(11-12-6-8-17-9-7-12)14-5-3-2-4-13(14)10-15/h2-5,12H,6-9,11H2,1H3. The fourth-order valence-corrected chi connectivity index (χ4v) is 2.32. The van der Waals surface area contributed by atoms with E-state index in [1.165, 1.54) is 0 Å². The van der Waals surface area contributed by atoms with E-state index in [1.54, 1.807) is 0 Å². The number of rotatable bonds is 3. The van der Waals surface area contributed by atoms with Crippen LogP contribution in [0.2, 0.25) is 0 Å². The molecule has 1 heterocycles. The van der Waals surface area contributed by atoms with Crippen LogP contribution in [0.1, 0.15) is 18.4 Å². The summed E-state index contributed by atoms with van der Waals surface area (Å²) < 4.78 is 5.36. The molecule has 17 heavy (non-hydrogen) atoms. The fraction of sp³-hybridized carbons (Fsp3) is 0.500. The molecule has 3 heteroatoms. The van der Waals surface area contributed by atoms with Crippen molar-refractivity contribution in [1.29, 1.82) is 5.26 Å². The minimum Gasteiger partial charge on any atom is -0.381 e. The maximum Gasteiger partial charge on any atom is 0.101 e. The van der Waals surface area contributed by atoms with Crippen LogP contribution < -0.4 is 4.90 Å². The van der Waals surface area contributed by atoms with Crippen LogP contribution in [0.4, 0.5) is 5.69 Å². The molecule has 0 N–H and O–H groups in total. The summed E-state index contributed by atoms with van der Waals surface area (Å²) in [5, 5.41) is 9.08. The van der Waals surface area contributed by atoms with E-state index in [1.807, 2.05) is 24.3 Å². The molecule has 2 rings (SSSR count). The van der Waals surface area contributed by atoms with Crippen LogP contribution >= 0.6 is 0 Å². The van der Waals surface area contributed by atoms with Crippen LogP contribution in [-0.4, -0.2) is 26.8 Å². The summed E-state index contributed by atoms with van der Waals surface area (Å²) in [5.41, 5.74) is 1.78. The molecule has 3 nitrogen and oxygen atoms in total. The average molecular weight is 230 g/mol. The Kier molecular flexibility index (Phi) is 4.00. The monoisotopic (exact) mass is 230 g/mol. The number of nitrogens with zero attached hydrogens (tertiary/aromatic N) is 2. The zero-order valence-electron chi connectivity index (χ0n) is 10.2. The van der Waals surface area contributed by atoms with E-state index in [0.29, 0.717) is 5.92 Å². The Hall–Kier alpha value is -1.53. The molecule has 1 fully saturated rings. The molecule has 1 saturated heterocycles. The van der Waals surface area contributed by atoms with Crippen molar-refractivity contribution in [2.75, 3.05) is 31.7 Å². The number of hydrogen-bond donors (Lipinski definition) is 0. The summed E-state index contributed by atoms with van der Waals surface area (Å²) in [6, 6.07) is 10.0. The van der Waals surface area contributed by atoms with Gasteiger partial charge in [-0.2, -0.15) is 5.26 Å². The van der Waals surface area contributed by atoms with Gasteiger partial charge in [0.15, 0.2) is 0 Å². The number of hydrogen-bond acceptors (Lipinski definition) is 3. The van der Waals surface area contributed by atoms with E-state index in [2.05, 4.69) is 18.0 Å². The number of nitriles is 1. The molecule has 1 aliphatic rings. The zero-order valence-corrected chi connectivity index (χ0v) is 10.2. The summed E-state index contributed by atoms with van der Waals surface area (Å²) in [4.78, 5) is 2.19. The molecule has 0 amide bonds. The zero-order chi connectivity index (χ0) is 12.1. The molecule has 0 unspecified atom stereocenters. The van der Waals surface area contributed by atoms with Crippen molar-refractivity contribution in [1.82, 2.24) is 0 Å². The van der Waals surface area contributed by atoms with Gasteiger partial charge in [-0.1, -0.05) is 12.1 Å². The lowest BCUT2D eigenvalue weighted by Gasteiger charge is -2.28. The Morgan fingerprint density at radius 2 is 2.06 bits per heavy atom. The minimum absolute atomic E-state index is 0.681. The van der Waals surface area contributed by atoms with Crippen molar-refractivity contribution in [3.8, 4) is 6.07 Å². The Morgan fingerprint density at radius 3 is 2.76 bits per heavy atom. The number of anilines is 1. The van der Waals surface area contributed by atoms with Crippen molar-refractivity contribution in [2.24, 2.45) is 5.92 Å². The summed E-state index contributed by atoms with van der Waals surface area (Å²) in [7, 11) is 2.06. The first-order chi connectivity index (χ1) is 8.31. The summed E-state index contributed by atoms with van der Waals surface area (Å²) in [6.07, 6.45) is 2.25. The SMILES string of the molecule is CN(CC1CCOCC1)c1ccccc1C#N. The van der Waals surface area contributed by atoms with Gasteiger partial charge in [0.25, 0.3) is 0 Å². The van der Waals surface area contributed by atoms with Gasteiger partial charge in [-0.15, -0.1) is 0 Å². The number of ether oxygens (including phenoxy) is 1. The highest BCUT2D eigenvalue weighted by atomic mass is 16.5. The first-order valence-electron chi connectivity index (χ1n) is 6.09. The van der Waals surface area contributed by atoms with Crippen LogP contribution in [-0.2, 0) is 4.74 Å². The molecule has 90 valence electrons. The van der Waals surface area contributed by atoms with Gasteiger partial charge in [-0.05, 0) is 30.9 Å². The topological polar surface area (TPSA) is 36.3 Å². The first kappa shape index (κ1) is 11.9. The molecule has 1 aromatic carbocycles. The Bertz CT molecular complexity index is 405. The molecule has 0 atom stereocenters. The normalized spacial score (nSPS) is 16.5. The molecular weight excluding hydrogens is 212 g/mol. The average Bonchev–Trinajstić information content (AvgIpc) is 2.40. The van der Waals surface area contributed by atoms with Crippen molar-refractivity contribution in [3.63, 3.8) is 0 Å². The fourth-order valence-electron chi connectivity index (χ4n) is 2.32. The van der Waals surface area contributed by atoms with Crippen LogP contribution in [0.3, 0.4) is 0 Å². The van der Waals surface area contributed by atoms with Crippen molar-refractivity contribution in [2.45, 2.75) is 12.8 Å². The lowest BCUT2D eigenvalue weighted by atomic mass is 9.99. The quantitative estimate of drug-likeness (QED) is 0.800. The molecule has 0 spiro atoms. The predicted molar refractivity (Wildman–Crippen MR) is 68.0 cm³/mol. The van der Waals surface area contributed by atoms with E-state index in [0.717, 1.165) is 43.9 Å². The van der Waals surface area contributed by atoms with E-state index in [9.17, 15) is 0 Å². The highest BCUT2D eigenvalue weighted by Gasteiger charge is 2.17. The summed E-state index contributed by atoms with van der Waals surface area (Å²) in [6.45, 7) is 2.75. The van der Waals surface area contributed by atoms with Gasteiger partial charge in [-0.3, -0.25) is 0 Å². The van der Waals surface area contributed by atoms with E-state index in [-0.39, 0.29) is 0 Å². The molecular formula is C14H18N2O. The second kappa shape index (κ2) is 5.70. The highest BCUT2D eigenvalue weighted by Crippen LogP contribution is 2.22. The van der Waals surface area contributed by atoms with Gasteiger partial charge >= 0.3 is 0 Å². The largest absolute Gasteiger partial charge is 0.381 e. The van der Waals surface area contributed by atoms with Gasteiger partial charge in [0.1, 0.15) is 6.07 Å². The molecule has 0 radical (unpaired) electrons. The minimum atomic E-state index is 0.681. The molecule has 1 aromatic rings. The Labute approximate surface area is 103 Å². The maximum absolute atomic E-state index is 9.08. The van der Waals surface area contributed by atoms with Crippen LogP contribution in [0.5, 0.6) is 0 Å². The molecule has 0 saturated carbocycles. The Balaban J connectivity index is 2.03. The van der Waals surface area contributed by atoms with Gasteiger partial charge in [0.05, 0.1) is 11.3 Å². The Morgan fingerprint density at radius 1 is 1.35 bits per heavy atom. The molecule has 1 aliphatic heterocycles. The van der Waals surface area contributed by atoms with Gasteiger partial charge in [0.2, 0.25) is 0 Å². The second-order valence-electron chi connectivity index (χ2n) is 4.57. The van der Waals surface area contributed by atoms with Gasteiger partial charge in [0, 0.05) is 26.8 Å². The van der Waals surface area contributed by atoms with Gasteiger partial charge in [-0.25, -0.2) is 0 Å². The molecule has 0 bridgehead atoms. The number of benzene rings is 1. The van der Waals surface area contributed by atoms with Gasteiger partial charge < -0.3 is 9.64 Å². The highest BCUT2D eigenvalue weighted by molar-refractivity contribution is 5.58. The van der Waals surface area contributed by atoms with Crippen molar-refractivity contribution >= 4 is 5.69 Å². The van der Waals surface area contributed by atoms with E-state index in [4.69, 9.17) is 10.00 Å². The molecule has 0 aliphatic carbocycles. The molecule has 0 aromatic heterocycles.